The first-order valence-corrected chi connectivity index (χ1v) is 10.2. The standard InChI is InChI=1S/C25H20N6O2/c1-13-9-17(16(4)30(13)18-5-7-19(8-6-18)31(32)33)10-20-14(2)21(11-26)24-23(20)15(3)22(12-27)25(28)29-24/h5-10H,1-4H3,(H2,28,29)/b20-10+. The maximum Gasteiger partial charge on any atom is 0.269 e. The van der Waals surface area contributed by atoms with E-state index in [0.717, 1.165) is 39.3 Å². The molecule has 0 saturated heterocycles. The number of fused-ring (bicyclic) bond motifs is 1. The highest BCUT2D eigenvalue weighted by atomic mass is 16.6. The third-order valence-electron chi connectivity index (χ3n) is 6.07. The van der Waals surface area contributed by atoms with E-state index >= 15 is 0 Å². The number of nitriles is 2. The van der Waals surface area contributed by atoms with Crippen molar-refractivity contribution in [3.8, 4) is 17.8 Å². The highest BCUT2D eigenvalue weighted by molar-refractivity contribution is 6.08. The van der Waals surface area contributed by atoms with Gasteiger partial charge in [0.25, 0.3) is 5.69 Å². The fourth-order valence-electron chi connectivity index (χ4n) is 4.41. The number of hydrogen-bond donors (Lipinski definition) is 1. The Balaban J connectivity index is 1.91. The van der Waals surface area contributed by atoms with Gasteiger partial charge in [0, 0.05) is 34.8 Å². The lowest BCUT2D eigenvalue weighted by Crippen LogP contribution is -2.03. The number of nitro benzene ring substituents is 1. The summed E-state index contributed by atoms with van der Waals surface area (Å²) in [4.78, 5) is 14.9. The average Bonchev–Trinajstić information content (AvgIpc) is 3.20. The Kier molecular flexibility index (Phi) is 5.07. The predicted octanol–water partition coefficient (Wildman–Crippen LogP) is 5.01. The first-order valence-electron chi connectivity index (χ1n) is 10.2. The second kappa shape index (κ2) is 7.77. The minimum absolute atomic E-state index is 0.0338. The molecule has 2 aromatic heterocycles. The molecule has 162 valence electrons. The summed E-state index contributed by atoms with van der Waals surface area (Å²) in [6.07, 6.45) is 1.99. The van der Waals surface area contributed by atoms with Crippen LogP contribution < -0.4 is 5.73 Å². The number of pyridine rings is 1. The van der Waals surface area contributed by atoms with Crippen LogP contribution in [0.1, 0.15) is 46.3 Å². The van der Waals surface area contributed by atoms with E-state index in [2.05, 4.69) is 17.1 Å². The van der Waals surface area contributed by atoms with Crippen molar-refractivity contribution in [2.75, 3.05) is 5.73 Å². The Morgan fingerprint density at radius 1 is 1.12 bits per heavy atom. The number of aromatic nitrogens is 2. The Labute approximate surface area is 190 Å². The molecule has 1 aromatic carbocycles. The van der Waals surface area contributed by atoms with Crippen LogP contribution in [-0.2, 0) is 0 Å². The summed E-state index contributed by atoms with van der Waals surface area (Å²) in [5.74, 6) is 0.117. The molecule has 0 radical (unpaired) electrons. The van der Waals surface area contributed by atoms with E-state index in [1.807, 2.05) is 44.4 Å². The van der Waals surface area contributed by atoms with Gasteiger partial charge >= 0.3 is 0 Å². The summed E-state index contributed by atoms with van der Waals surface area (Å²) in [5, 5.41) is 30.3. The zero-order valence-electron chi connectivity index (χ0n) is 18.6. The molecule has 0 fully saturated rings. The number of allylic oxidation sites excluding steroid dienone is 3. The van der Waals surface area contributed by atoms with Crippen molar-refractivity contribution in [2.45, 2.75) is 27.7 Å². The van der Waals surface area contributed by atoms with E-state index in [1.165, 1.54) is 12.1 Å². The predicted molar refractivity (Wildman–Crippen MR) is 126 cm³/mol. The van der Waals surface area contributed by atoms with Crippen LogP contribution in [0.4, 0.5) is 11.5 Å². The van der Waals surface area contributed by atoms with Gasteiger partial charge in [-0.05, 0) is 74.2 Å². The van der Waals surface area contributed by atoms with Gasteiger partial charge in [-0.15, -0.1) is 0 Å². The van der Waals surface area contributed by atoms with Gasteiger partial charge in [0.05, 0.1) is 21.8 Å². The zero-order chi connectivity index (χ0) is 24.0. The van der Waals surface area contributed by atoms with Crippen LogP contribution in [0.3, 0.4) is 0 Å². The molecule has 0 amide bonds. The van der Waals surface area contributed by atoms with Crippen LogP contribution in [0.2, 0.25) is 0 Å². The second-order valence-corrected chi connectivity index (χ2v) is 7.94. The van der Waals surface area contributed by atoms with E-state index in [0.29, 0.717) is 22.4 Å². The van der Waals surface area contributed by atoms with Gasteiger partial charge in [-0.2, -0.15) is 10.5 Å². The lowest BCUT2D eigenvalue weighted by Gasteiger charge is -2.11. The fraction of sp³-hybridized carbons (Fsp3) is 0.160. The molecule has 2 N–H and O–H groups in total. The SMILES string of the molecule is CC1=C(C#N)c2nc(N)c(C#N)c(C)c2/C1=C/c1cc(C)n(-c2ccc([N+](=O)[O-])cc2)c1C. The molecule has 0 saturated carbocycles. The van der Waals surface area contributed by atoms with Crippen LogP contribution in [0.25, 0.3) is 22.9 Å². The number of nitrogen functional groups attached to an aromatic ring is 1. The third kappa shape index (κ3) is 3.26. The molecule has 8 nitrogen and oxygen atoms in total. The van der Waals surface area contributed by atoms with Gasteiger partial charge < -0.3 is 10.3 Å². The number of nitro groups is 1. The Bertz CT molecular complexity index is 1490. The number of benzene rings is 1. The van der Waals surface area contributed by atoms with E-state index in [4.69, 9.17) is 5.73 Å². The van der Waals surface area contributed by atoms with Crippen LogP contribution in [0, 0.1) is 53.5 Å². The normalized spacial score (nSPS) is 13.7. The summed E-state index contributed by atoms with van der Waals surface area (Å²) in [7, 11) is 0. The lowest BCUT2D eigenvalue weighted by molar-refractivity contribution is -0.384. The van der Waals surface area contributed by atoms with Crippen molar-refractivity contribution in [1.82, 2.24) is 9.55 Å². The van der Waals surface area contributed by atoms with Gasteiger partial charge in [0.15, 0.2) is 0 Å². The van der Waals surface area contributed by atoms with E-state index in [1.54, 1.807) is 12.1 Å². The number of rotatable bonds is 3. The monoisotopic (exact) mass is 436 g/mol. The van der Waals surface area contributed by atoms with Gasteiger partial charge in [0.1, 0.15) is 18.0 Å². The highest BCUT2D eigenvalue weighted by Gasteiger charge is 2.30. The molecule has 33 heavy (non-hydrogen) atoms. The minimum atomic E-state index is -0.424. The van der Waals surface area contributed by atoms with Crippen LogP contribution in [0.15, 0.2) is 35.9 Å². The Hall–Kier alpha value is -4.69. The van der Waals surface area contributed by atoms with E-state index in [-0.39, 0.29) is 11.5 Å². The Morgan fingerprint density at radius 2 is 1.79 bits per heavy atom. The maximum atomic E-state index is 11.0. The topological polar surface area (TPSA) is 135 Å². The largest absolute Gasteiger partial charge is 0.383 e. The smallest absolute Gasteiger partial charge is 0.269 e. The molecule has 0 aliphatic heterocycles. The van der Waals surface area contributed by atoms with Crippen molar-refractivity contribution in [2.24, 2.45) is 0 Å². The number of aryl methyl sites for hydroxylation is 1. The molecule has 4 rings (SSSR count). The molecule has 0 atom stereocenters. The van der Waals surface area contributed by atoms with Crippen molar-refractivity contribution < 1.29 is 4.92 Å². The van der Waals surface area contributed by atoms with Crippen LogP contribution in [0.5, 0.6) is 0 Å². The van der Waals surface area contributed by atoms with Crippen LogP contribution >= 0.6 is 0 Å². The van der Waals surface area contributed by atoms with Crippen LogP contribution in [-0.4, -0.2) is 14.5 Å². The number of hydrogen-bond acceptors (Lipinski definition) is 6. The fourth-order valence-corrected chi connectivity index (χ4v) is 4.41. The second-order valence-electron chi connectivity index (χ2n) is 7.94. The molecule has 0 unspecified atom stereocenters. The maximum absolute atomic E-state index is 11.0. The first-order chi connectivity index (χ1) is 15.7. The average molecular weight is 436 g/mol. The molecule has 0 bridgehead atoms. The minimum Gasteiger partial charge on any atom is -0.383 e. The number of nitrogens with zero attached hydrogens (tertiary/aromatic N) is 5. The van der Waals surface area contributed by atoms with Crippen molar-refractivity contribution >= 4 is 28.7 Å². The number of non-ortho nitro benzene ring substituents is 1. The summed E-state index contributed by atoms with van der Waals surface area (Å²) in [6, 6.07) is 12.8. The third-order valence-corrected chi connectivity index (χ3v) is 6.07. The van der Waals surface area contributed by atoms with E-state index < -0.39 is 4.92 Å². The zero-order valence-corrected chi connectivity index (χ0v) is 18.6. The molecular formula is C25H20N6O2. The molecular weight excluding hydrogens is 416 g/mol. The van der Waals surface area contributed by atoms with E-state index in [9.17, 15) is 20.6 Å². The molecule has 3 aromatic rings. The van der Waals surface area contributed by atoms with Crippen molar-refractivity contribution in [1.29, 1.82) is 10.5 Å². The highest BCUT2D eigenvalue weighted by Crippen LogP contribution is 2.44. The molecule has 1 aliphatic carbocycles. The van der Waals surface area contributed by atoms with Crippen molar-refractivity contribution in [3.05, 3.63) is 85.4 Å². The van der Waals surface area contributed by atoms with Crippen molar-refractivity contribution in [3.63, 3.8) is 0 Å². The Morgan fingerprint density at radius 3 is 2.36 bits per heavy atom. The number of nitrogens with two attached hydrogens (primary N) is 1. The molecule has 8 heteroatoms. The summed E-state index contributed by atoms with van der Waals surface area (Å²) in [6.45, 7) is 7.61. The molecule has 1 aliphatic rings. The lowest BCUT2D eigenvalue weighted by atomic mass is 9.95. The van der Waals surface area contributed by atoms with Gasteiger partial charge in [0.2, 0.25) is 0 Å². The quantitative estimate of drug-likeness (QED) is 0.453. The summed E-state index contributed by atoms with van der Waals surface area (Å²) in [5.41, 5.74) is 13.9. The van der Waals surface area contributed by atoms with Gasteiger partial charge in [-0.25, -0.2) is 4.98 Å². The summed E-state index contributed by atoms with van der Waals surface area (Å²) >= 11 is 0. The number of anilines is 1. The first kappa shape index (κ1) is 21.5. The molecule has 2 heterocycles. The van der Waals surface area contributed by atoms with Gasteiger partial charge in [-0.3, -0.25) is 10.1 Å². The molecule has 0 spiro atoms. The summed E-state index contributed by atoms with van der Waals surface area (Å²) < 4.78 is 2.02. The van der Waals surface area contributed by atoms with Gasteiger partial charge in [-0.1, -0.05) is 0 Å².